The van der Waals surface area contributed by atoms with Crippen LogP contribution in [0.25, 0.3) is 0 Å². The normalized spacial score (nSPS) is 16.4. The fraction of sp³-hybridized carbons (Fsp3) is 0.286. The van der Waals surface area contributed by atoms with Crippen molar-refractivity contribution in [3.63, 3.8) is 0 Å². The molecule has 0 unspecified atom stereocenters. The summed E-state index contributed by atoms with van der Waals surface area (Å²) in [5, 5.41) is 7.07. The van der Waals surface area contributed by atoms with E-state index in [0.717, 1.165) is 5.75 Å². The molecular weight excluding hydrogens is 370 g/mol. The fourth-order valence-corrected chi connectivity index (χ4v) is 3.08. The largest absolute Gasteiger partial charge is 0.439 e. The molecular formula is C21H23N5O3. The number of nitrogens with zero attached hydrogens (tertiary/aromatic N) is 4. The minimum absolute atomic E-state index is 0.0854. The molecule has 0 saturated carbocycles. The summed E-state index contributed by atoms with van der Waals surface area (Å²) < 4.78 is 13.3. The van der Waals surface area contributed by atoms with E-state index >= 15 is 0 Å². The maximum Gasteiger partial charge on any atom is 0.322 e. The summed E-state index contributed by atoms with van der Waals surface area (Å²) in [5.41, 5.74) is 1.78. The zero-order valence-electron chi connectivity index (χ0n) is 16.2. The number of benzene rings is 1. The van der Waals surface area contributed by atoms with Gasteiger partial charge in [-0.3, -0.25) is 4.68 Å². The van der Waals surface area contributed by atoms with Gasteiger partial charge in [0.25, 0.3) is 0 Å². The minimum atomic E-state index is -0.173. The first-order valence-electron chi connectivity index (χ1n) is 9.51. The van der Waals surface area contributed by atoms with Crippen LogP contribution < -0.4 is 10.1 Å². The van der Waals surface area contributed by atoms with E-state index in [1.807, 2.05) is 48.1 Å². The lowest BCUT2D eigenvalue weighted by atomic mass is 10.2. The number of urea groups is 1. The second-order valence-electron chi connectivity index (χ2n) is 6.90. The summed E-state index contributed by atoms with van der Waals surface area (Å²) in [5.74, 6) is 1.19. The lowest BCUT2D eigenvalue weighted by molar-refractivity contribution is -0.0219. The first kappa shape index (κ1) is 18.9. The molecule has 150 valence electrons. The highest BCUT2D eigenvalue weighted by atomic mass is 16.5. The van der Waals surface area contributed by atoms with E-state index in [0.29, 0.717) is 37.8 Å². The molecule has 4 rings (SSSR count). The zero-order chi connectivity index (χ0) is 20.1. The Morgan fingerprint density at radius 2 is 2.14 bits per heavy atom. The molecule has 8 heteroatoms. The first-order chi connectivity index (χ1) is 14.2. The number of anilines is 1. The third-order valence-electron chi connectivity index (χ3n) is 4.61. The number of aryl methyl sites for hydroxylation is 1. The van der Waals surface area contributed by atoms with E-state index in [9.17, 15) is 4.79 Å². The average molecular weight is 393 g/mol. The lowest BCUT2D eigenvalue weighted by Gasteiger charge is -2.32. The van der Waals surface area contributed by atoms with E-state index in [1.54, 1.807) is 29.4 Å². The summed E-state index contributed by atoms with van der Waals surface area (Å²) in [6.07, 6.45) is 5.11. The number of nitrogens with one attached hydrogen (secondary N) is 1. The molecule has 1 aliphatic heterocycles. The van der Waals surface area contributed by atoms with Crippen LogP contribution in [0.2, 0.25) is 0 Å². The molecule has 2 aromatic heterocycles. The second kappa shape index (κ2) is 8.74. The van der Waals surface area contributed by atoms with E-state index in [-0.39, 0.29) is 12.1 Å². The Morgan fingerprint density at radius 3 is 2.86 bits per heavy atom. The molecule has 3 aromatic rings. The number of morpholine rings is 1. The monoisotopic (exact) mass is 393 g/mol. The molecule has 1 saturated heterocycles. The third-order valence-corrected chi connectivity index (χ3v) is 4.61. The van der Waals surface area contributed by atoms with Crippen LogP contribution in [0.1, 0.15) is 5.56 Å². The maximum absolute atomic E-state index is 12.6. The van der Waals surface area contributed by atoms with Gasteiger partial charge in [0.05, 0.1) is 37.7 Å². The highest BCUT2D eigenvalue weighted by Crippen LogP contribution is 2.21. The van der Waals surface area contributed by atoms with Gasteiger partial charge in [0.15, 0.2) is 0 Å². The van der Waals surface area contributed by atoms with Crippen LogP contribution in [-0.4, -0.2) is 51.5 Å². The molecule has 1 N–H and O–H groups in total. The molecule has 1 aliphatic rings. The van der Waals surface area contributed by atoms with Gasteiger partial charge in [0.2, 0.25) is 5.88 Å². The highest BCUT2D eigenvalue weighted by Gasteiger charge is 2.24. The van der Waals surface area contributed by atoms with Crippen molar-refractivity contribution in [3.8, 4) is 11.6 Å². The van der Waals surface area contributed by atoms with Crippen molar-refractivity contribution in [2.45, 2.75) is 19.6 Å². The molecule has 1 fully saturated rings. The van der Waals surface area contributed by atoms with Gasteiger partial charge in [0, 0.05) is 25.0 Å². The molecule has 29 heavy (non-hydrogen) atoms. The zero-order valence-corrected chi connectivity index (χ0v) is 16.2. The van der Waals surface area contributed by atoms with Crippen LogP contribution in [0.5, 0.6) is 11.6 Å². The summed E-state index contributed by atoms with van der Waals surface area (Å²) in [4.78, 5) is 18.6. The van der Waals surface area contributed by atoms with E-state index in [1.165, 1.54) is 5.56 Å². The predicted molar refractivity (Wildman–Crippen MR) is 108 cm³/mol. The SMILES string of the molecule is Cc1ccc(Oc2ccc(NC(=O)N3CCO[C@H](Cn4cccn4)C3)cn2)cc1. The van der Waals surface area contributed by atoms with E-state index < -0.39 is 0 Å². The number of aromatic nitrogens is 3. The van der Waals surface area contributed by atoms with Gasteiger partial charge in [-0.05, 0) is 31.2 Å². The Balaban J connectivity index is 1.31. The third kappa shape index (κ3) is 5.11. The smallest absolute Gasteiger partial charge is 0.322 e. The van der Waals surface area contributed by atoms with E-state index in [2.05, 4.69) is 15.4 Å². The van der Waals surface area contributed by atoms with Gasteiger partial charge in [-0.25, -0.2) is 9.78 Å². The minimum Gasteiger partial charge on any atom is -0.439 e. The number of ether oxygens (including phenoxy) is 2. The van der Waals surface area contributed by atoms with Gasteiger partial charge >= 0.3 is 6.03 Å². The quantitative estimate of drug-likeness (QED) is 0.719. The van der Waals surface area contributed by atoms with Gasteiger partial charge in [-0.15, -0.1) is 0 Å². The van der Waals surface area contributed by atoms with Crippen LogP contribution in [0, 0.1) is 6.92 Å². The number of hydrogen-bond acceptors (Lipinski definition) is 5. The Morgan fingerprint density at radius 1 is 1.28 bits per heavy atom. The fourth-order valence-electron chi connectivity index (χ4n) is 3.08. The Labute approximate surface area is 169 Å². The van der Waals surface area contributed by atoms with Crippen LogP contribution in [0.3, 0.4) is 0 Å². The number of hydrogen-bond donors (Lipinski definition) is 1. The van der Waals surface area contributed by atoms with Gasteiger partial charge in [-0.2, -0.15) is 5.10 Å². The van der Waals surface area contributed by atoms with Crippen molar-refractivity contribution >= 4 is 11.7 Å². The Bertz CT molecular complexity index is 926. The molecule has 3 heterocycles. The molecule has 1 atom stereocenters. The van der Waals surface area contributed by atoms with Crippen LogP contribution in [0.15, 0.2) is 61.1 Å². The van der Waals surface area contributed by atoms with Crippen molar-refractivity contribution in [1.82, 2.24) is 19.7 Å². The molecule has 0 spiro atoms. The molecule has 8 nitrogen and oxygen atoms in total. The summed E-state index contributed by atoms with van der Waals surface area (Å²) in [7, 11) is 0. The van der Waals surface area contributed by atoms with Crippen molar-refractivity contribution < 1.29 is 14.3 Å². The van der Waals surface area contributed by atoms with Gasteiger partial charge in [0.1, 0.15) is 5.75 Å². The van der Waals surface area contributed by atoms with Crippen LogP contribution in [-0.2, 0) is 11.3 Å². The lowest BCUT2D eigenvalue weighted by Crippen LogP contribution is -2.48. The van der Waals surface area contributed by atoms with Crippen LogP contribution >= 0.6 is 0 Å². The molecule has 0 radical (unpaired) electrons. The maximum atomic E-state index is 12.6. The standard InChI is InChI=1S/C21H23N5O3/c1-16-3-6-18(7-4-16)29-20-8-5-17(13-22-20)24-21(27)25-11-12-28-19(14-25)15-26-10-2-9-23-26/h2-10,13,19H,11-12,14-15H2,1H3,(H,24,27)/t19-/m0/s1. The summed E-state index contributed by atoms with van der Waals surface area (Å²) >= 11 is 0. The molecule has 2 amide bonds. The van der Waals surface area contributed by atoms with Gasteiger partial charge < -0.3 is 19.7 Å². The van der Waals surface area contributed by atoms with Crippen molar-refractivity contribution in [2.24, 2.45) is 0 Å². The Hall–Kier alpha value is -3.39. The number of carbonyl (C=O) groups is 1. The number of carbonyl (C=O) groups excluding carboxylic acids is 1. The van der Waals surface area contributed by atoms with Gasteiger partial charge in [-0.1, -0.05) is 17.7 Å². The topological polar surface area (TPSA) is 81.5 Å². The average Bonchev–Trinajstić information content (AvgIpc) is 3.24. The Kier molecular flexibility index (Phi) is 5.71. The van der Waals surface area contributed by atoms with E-state index in [4.69, 9.17) is 9.47 Å². The molecule has 0 aliphatic carbocycles. The van der Waals surface area contributed by atoms with Crippen LogP contribution in [0.4, 0.5) is 10.5 Å². The number of rotatable bonds is 5. The number of amides is 2. The molecule has 0 bridgehead atoms. The first-order valence-corrected chi connectivity index (χ1v) is 9.51. The summed E-state index contributed by atoms with van der Waals surface area (Å²) in [6.45, 7) is 4.19. The number of pyridine rings is 1. The van der Waals surface area contributed by atoms with Crippen molar-refractivity contribution in [2.75, 3.05) is 25.0 Å². The van der Waals surface area contributed by atoms with Crippen molar-refractivity contribution in [1.29, 1.82) is 0 Å². The summed E-state index contributed by atoms with van der Waals surface area (Å²) in [6, 6.07) is 12.9. The predicted octanol–water partition coefficient (Wildman–Crippen LogP) is 3.31. The second-order valence-corrected chi connectivity index (χ2v) is 6.90. The van der Waals surface area contributed by atoms with Crippen molar-refractivity contribution in [3.05, 3.63) is 66.6 Å². The molecule has 1 aromatic carbocycles. The highest BCUT2D eigenvalue weighted by molar-refractivity contribution is 5.89.